The van der Waals surface area contributed by atoms with Crippen molar-refractivity contribution in [3.63, 3.8) is 0 Å². The van der Waals surface area contributed by atoms with Crippen molar-refractivity contribution in [1.82, 2.24) is 0 Å². The average molecular weight is 321 g/mol. The third kappa shape index (κ3) is 2.90. The van der Waals surface area contributed by atoms with Crippen LogP contribution in [0.25, 0.3) is 0 Å². The van der Waals surface area contributed by atoms with Gasteiger partial charge < -0.3 is 10.4 Å². The molecule has 0 amide bonds. The standard InChI is InChI=1S/C22H27NO/c1-15(16-7-3-2-4-8-16)23-21-13-18-12-11-17-9-5-6-10-19(17)20(18)14-22(21)24/h2-4,7-8,13-15,17,19,23-24H,5-6,9-12H2,1H3. The summed E-state index contributed by atoms with van der Waals surface area (Å²) in [5.74, 6) is 1.92. The molecule has 0 bridgehead atoms. The van der Waals surface area contributed by atoms with Crippen LogP contribution in [0.15, 0.2) is 42.5 Å². The minimum absolute atomic E-state index is 0.182. The SMILES string of the molecule is CC(Nc1cc2c(cc1O)C1CCCCC1CC2)c1ccccc1. The van der Waals surface area contributed by atoms with E-state index in [2.05, 4.69) is 48.6 Å². The number of aryl methyl sites for hydroxylation is 1. The second-order valence-electron chi connectivity index (χ2n) is 7.53. The molecule has 0 aliphatic heterocycles. The number of phenolic OH excluding ortho intramolecular Hbond substituents is 1. The minimum atomic E-state index is 0.182. The van der Waals surface area contributed by atoms with Crippen LogP contribution < -0.4 is 5.32 Å². The van der Waals surface area contributed by atoms with Gasteiger partial charge in [0.15, 0.2) is 0 Å². The van der Waals surface area contributed by atoms with E-state index in [1.165, 1.54) is 48.8 Å². The summed E-state index contributed by atoms with van der Waals surface area (Å²) in [7, 11) is 0. The summed E-state index contributed by atoms with van der Waals surface area (Å²) in [6.07, 6.45) is 7.87. The predicted octanol–water partition coefficient (Wildman–Crippen LogP) is 5.79. The molecule has 0 saturated heterocycles. The highest BCUT2D eigenvalue weighted by Gasteiger charge is 2.32. The van der Waals surface area contributed by atoms with Gasteiger partial charge in [0.25, 0.3) is 0 Å². The van der Waals surface area contributed by atoms with Gasteiger partial charge in [-0.1, -0.05) is 43.2 Å². The Morgan fingerprint density at radius 3 is 2.67 bits per heavy atom. The summed E-state index contributed by atoms with van der Waals surface area (Å²) >= 11 is 0. The first-order chi connectivity index (χ1) is 11.7. The van der Waals surface area contributed by atoms with Gasteiger partial charge in [-0.25, -0.2) is 0 Å². The lowest BCUT2D eigenvalue weighted by Gasteiger charge is -2.37. The number of rotatable bonds is 3. The maximum Gasteiger partial charge on any atom is 0.138 e. The molecule has 2 aromatic rings. The number of benzene rings is 2. The van der Waals surface area contributed by atoms with Gasteiger partial charge in [0.1, 0.15) is 5.75 Å². The Morgan fingerprint density at radius 1 is 1.04 bits per heavy atom. The average Bonchev–Trinajstić information content (AvgIpc) is 2.63. The van der Waals surface area contributed by atoms with Crippen LogP contribution in [0.1, 0.15) is 67.7 Å². The Bertz CT molecular complexity index is 709. The molecule has 2 nitrogen and oxygen atoms in total. The first-order valence-electron chi connectivity index (χ1n) is 9.39. The highest BCUT2D eigenvalue weighted by atomic mass is 16.3. The third-order valence-corrected chi connectivity index (χ3v) is 6.02. The lowest BCUT2D eigenvalue weighted by atomic mass is 9.68. The zero-order valence-corrected chi connectivity index (χ0v) is 14.5. The van der Waals surface area contributed by atoms with E-state index in [0.717, 1.165) is 18.0 Å². The van der Waals surface area contributed by atoms with E-state index in [0.29, 0.717) is 11.7 Å². The van der Waals surface area contributed by atoms with Crippen molar-refractivity contribution < 1.29 is 5.11 Å². The van der Waals surface area contributed by atoms with Crippen LogP contribution in [0.4, 0.5) is 5.69 Å². The number of hydrogen-bond donors (Lipinski definition) is 2. The van der Waals surface area contributed by atoms with Crippen LogP contribution in [-0.4, -0.2) is 5.11 Å². The quantitative estimate of drug-likeness (QED) is 0.702. The Balaban J connectivity index is 1.60. The van der Waals surface area contributed by atoms with E-state index in [1.54, 1.807) is 0 Å². The van der Waals surface area contributed by atoms with E-state index in [9.17, 15) is 5.11 Å². The molecule has 1 saturated carbocycles. The van der Waals surface area contributed by atoms with E-state index in [1.807, 2.05) is 6.07 Å². The minimum Gasteiger partial charge on any atom is -0.506 e. The van der Waals surface area contributed by atoms with Crippen LogP contribution >= 0.6 is 0 Å². The molecule has 1 fully saturated rings. The molecule has 3 unspecified atom stereocenters. The van der Waals surface area contributed by atoms with E-state index in [-0.39, 0.29) is 6.04 Å². The lowest BCUT2D eigenvalue weighted by Crippen LogP contribution is -2.24. The summed E-state index contributed by atoms with van der Waals surface area (Å²) in [6.45, 7) is 2.14. The van der Waals surface area contributed by atoms with Crippen molar-refractivity contribution in [1.29, 1.82) is 0 Å². The Morgan fingerprint density at radius 2 is 1.83 bits per heavy atom. The van der Waals surface area contributed by atoms with Crippen LogP contribution in [0.2, 0.25) is 0 Å². The van der Waals surface area contributed by atoms with Crippen molar-refractivity contribution in [2.45, 2.75) is 57.4 Å². The maximum absolute atomic E-state index is 10.6. The van der Waals surface area contributed by atoms with Gasteiger partial charge >= 0.3 is 0 Å². The van der Waals surface area contributed by atoms with Crippen molar-refractivity contribution in [2.24, 2.45) is 5.92 Å². The summed E-state index contributed by atoms with van der Waals surface area (Å²) in [4.78, 5) is 0. The molecule has 0 radical (unpaired) electrons. The second kappa shape index (κ2) is 6.51. The fourth-order valence-corrected chi connectivity index (χ4v) is 4.69. The number of nitrogens with one attached hydrogen (secondary N) is 1. The molecule has 2 N–H and O–H groups in total. The molecular formula is C22H27NO. The number of aromatic hydroxyl groups is 1. The van der Waals surface area contributed by atoms with Crippen LogP contribution in [-0.2, 0) is 6.42 Å². The Kier molecular flexibility index (Phi) is 4.22. The number of hydrogen-bond acceptors (Lipinski definition) is 2. The van der Waals surface area contributed by atoms with Crippen molar-refractivity contribution in [3.8, 4) is 5.75 Å². The zero-order valence-electron chi connectivity index (χ0n) is 14.5. The molecule has 3 atom stereocenters. The Labute approximate surface area is 144 Å². The smallest absolute Gasteiger partial charge is 0.138 e. The highest BCUT2D eigenvalue weighted by Crippen LogP contribution is 2.47. The van der Waals surface area contributed by atoms with Gasteiger partial charge in [-0.3, -0.25) is 0 Å². The number of fused-ring (bicyclic) bond motifs is 3. The molecule has 2 aliphatic rings. The lowest BCUT2D eigenvalue weighted by molar-refractivity contribution is 0.275. The van der Waals surface area contributed by atoms with E-state index >= 15 is 0 Å². The molecule has 0 heterocycles. The van der Waals surface area contributed by atoms with Gasteiger partial charge in [-0.15, -0.1) is 0 Å². The van der Waals surface area contributed by atoms with Gasteiger partial charge in [0, 0.05) is 6.04 Å². The molecule has 2 aromatic carbocycles. The van der Waals surface area contributed by atoms with Crippen LogP contribution in [0.5, 0.6) is 5.75 Å². The summed E-state index contributed by atoms with van der Waals surface area (Å²) in [5, 5.41) is 14.1. The molecule has 2 heteroatoms. The molecular weight excluding hydrogens is 294 g/mol. The molecule has 24 heavy (non-hydrogen) atoms. The van der Waals surface area contributed by atoms with Gasteiger partial charge in [-0.2, -0.15) is 0 Å². The van der Waals surface area contributed by atoms with Crippen LogP contribution in [0.3, 0.4) is 0 Å². The van der Waals surface area contributed by atoms with Gasteiger partial charge in [0.05, 0.1) is 5.69 Å². The first kappa shape index (κ1) is 15.6. The topological polar surface area (TPSA) is 32.3 Å². The fourth-order valence-electron chi connectivity index (χ4n) is 4.69. The molecule has 4 rings (SSSR count). The van der Waals surface area contributed by atoms with E-state index in [4.69, 9.17) is 0 Å². The zero-order chi connectivity index (χ0) is 16.5. The Hall–Kier alpha value is -1.96. The number of phenols is 1. The fraction of sp³-hybridized carbons (Fsp3) is 0.455. The van der Waals surface area contributed by atoms with Crippen molar-refractivity contribution in [2.75, 3.05) is 5.32 Å². The second-order valence-corrected chi connectivity index (χ2v) is 7.53. The largest absolute Gasteiger partial charge is 0.506 e. The monoisotopic (exact) mass is 321 g/mol. The molecule has 126 valence electrons. The van der Waals surface area contributed by atoms with Gasteiger partial charge in [0.2, 0.25) is 0 Å². The normalized spacial score (nSPS) is 23.9. The van der Waals surface area contributed by atoms with Crippen molar-refractivity contribution >= 4 is 5.69 Å². The predicted molar refractivity (Wildman–Crippen MR) is 99.6 cm³/mol. The van der Waals surface area contributed by atoms with Crippen molar-refractivity contribution in [3.05, 3.63) is 59.2 Å². The maximum atomic E-state index is 10.6. The summed E-state index contributed by atoms with van der Waals surface area (Å²) in [6, 6.07) is 14.8. The molecule has 0 spiro atoms. The highest BCUT2D eigenvalue weighted by molar-refractivity contribution is 5.61. The summed E-state index contributed by atoms with van der Waals surface area (Å²) < 4.78 is 0. The molecule has 0 aromatic heterocycles. The summed E-state index contributed by atoms with van der Waals surface area (Å²) in [5.41, 5.74) is 4.97. The molecule has 2 aliphatic carbocycles. The third-order valence-electron chi connectivity index (χ3n) is 6.02. The van der Waals surface area contributed by atoms with Gasteiger partial charge in [-0.05, 0) is 73.3 Å². The number of anilines is 1. The first-order valence-corrected chi connectivity index (χ1v) is 9.39. The van der Waals surface area contributed by atoms with Crippen LogP contribution in [0, 0.1) is 5.92 Å². The van der Waals surface area contributed by atoms with E-state index < -0.39 is 0 Å².